The second-order valence-electron chi connectivity index (χ2n) is 4.18. The third kappa shape index (κ3) is 2.88. The van der Waals surface area contributed by atoms with Crippen molar-refractivity contribution in [2.45, 2.75) is 20.3 Å². The Balaban J connectivity index is 2.36. The molecule has 2 N–H and O–H groups in total. The number of rotatable bonds is 4. The average Bonchev–Trinajstić information content (AvgIpc) is 2.41. The summed E-state index contributed by atoms with van der Waals surface area (Å²) in [6, 6.07) is 6.03. The minimum absolute atomic E-state index is 0.0726. The Bertz CT molecular complexity index is 611. The first-order valence-electron chi connectivity index (χ1n) is 6.02. The van der Waals surface area contributed by atoms with Gasteiger partial charge in [-0.3, -0.25) is 4.98 Å². The van der Waals surface area contributed by atoms with Crippen LogP contribution < -0.4 is 5.32 Å². The van der Waals surface area contributed by atoms with Crippen LogP contribution in [-0.4, -0.2) is 21.0 Å². The highest BCUT2D eigenvalue weighted by Crippen LogP contribution is 2.24. The van der Waals surface area contributed by atoms with Crippen LogP contribution in [0.25, 0.3) is 0 Å². The number of carboxylic acid groups (broad SMARTS) is 1. The standard InChI is InChI=1S/C14H15N3O2/c1-3-10-6-4-5-9(2)13(10)17-12-8-15-7-11(16-12)14(18)19/h4-8H,3H2,1-2H3,(H,16,17)(H,18,19). The molecule has 0 spiro atoms. The monoisotopic (exact) mass is 257 g/mol. The number of nitrogens with one attached hydrogen (secondary N) is 1. The zero-order valence-electron chi connectivity index (χ0n) is 10.8. The van der Waals surface area contributed by atoms with Crippen LogP contribution in [-0.2, 0) is 6.42 Å². The molecule has 0 bridgehead atoms. The lowest BCUT2D eigenvalue weighted by molar-refractivity contribution is 0.0690. The van der Waals surface area contributed by atoms with Gasteiger partial charge in [-0.05, 0) is 24.5 Å². The van der Waals surface area contributed by atoms with Crippen molar-refractivity contribution in [2.24, 2.45) is 0 Å². The number of benzene rings is 1. The van der Waals surface area contributed by atoms with Gasteiger partial charge in [-0.25, -0.2) is 9.78 Å². The minimum atomic E-state index is -1.09. The summed E-state index contributed by atoms with van der Waals surface area (Å²) >= 11 is 0. The molecule has 0 aliphatic heterocycles. The number of aromatic carboxylic acids is 1. The van der Waals surface area contributed by atoms with Gasteiger partial charge in [0.2, 0.25) is 0 Å². The van der Waals surface area contributed by atoms with Gasteiger partial charge in [0, 0.05) is 5.69 Å². The van der Waals surface area contributed by atoms with Gasteiger partial charge in [0.25, 0.3) is 0 Å². The van der Waals surface area contributed by atoms with Crippen molar-refractivity contribution in [3.8, 4) is 0 Å². The number of nitrogens with zero attached hydrogens (tertiary/aromatic N) is 2. The van der Waals surface area contributed by atoms with E-state index in [9.17, 15) is 4.79 Å². The molecule has 0 amide bonds. The van der Waals surface area contributed by atoms with Crippen molar-refractivity contribution in [2.75, 3.05) is 5.32 Å². The second-order valence-corrected chi connectivity index (χ2v) is 4.18. The third-order valence-corrected chi connectivity index (χ3v) is 2.85. The summed E-state index contributed by atoms with van der Waals surface area (Å²) < 4.78 is 0. The number of anilines is 2. The molecule has 0 fully saturated rings. The molecule has 1 aromatic heterocycles. The van der Waals surface area contributed by atoms with Crippen molar-refractivity contribution in [3.63, 3.8) is 0 Å². The van der Waals surface area contributed by atoms with E-state index in [1.54, 1.807) is 0 Å². The molecule has 0 saturated carbocycles. The van der Waals surface area contributed by atoms with Crippen LogP contribution in [0.1, 0.15) is 28.5 Å². The number of aromatic nitrogens is 2. The first-order chi connectivity index (χ1) is 9.11. The molecule has 0 unspecified atom stereocenters. The molecule has 0 aliphatic carbocycles. The van der Waals surface area contributed by atoms with Gasteiger partial charge < -0.3 is 10.4 Å². The second kappa shape index (κ2) is 5.48. The van der Waals surface area contributed by atoms with Crippen LogP contribution in [0.5, 0.6) is 0 Å². The van der Waals surface area contributed by atoms with Crippen molar-refractivity contribution in [1.29, 1.82) is 0 Å². The van der Waals surface area contributed by atoms with Gasteiger partial charge >= 0.3 is 5.97 Å². The fourth-order valence-electron chi connectivity index (χ4n) is 1.86. The van der Waals surface area contributed by atoms with Gasteiger partial charge in [0.15, 0.2) is 5.69 Å². The molecule has 0 radical (unpaired) electrons. The summed E-state index contributed by atoms with van der Waals surface area (Å²) in [5.41, 5.74) is 3.13. The average molecular weight is 257 g/mol. The van der Waals surface area contributed by atoms with Crippen LogP contribution in [0.2, 0.25) is 0 Å². The van der Waals surface area contributed by atoms with Crippen LogP contribution in [0.4, 0.5) is 11.5 Å². The van der Waals surface area contributed by atoms with Crippen molar-refractivity contribution in [1.82, 2.24) is 9.97 Å². The predicted octanol–water partition coefficient (Wildman–Crippen LogP) is 2.79. The maximum Gasteiger partial charge on any atom is 0.356 e. The number of carbonyl (C=O) groups is 1. The van der Waals surface area contributed by atoms with Crippen molar-refractivity contribution >= 4 is 17.5 Å². The maximum atomic E-state index is 10.9. The summed E-state index contributed by atoms with van der Waals surface area (Å²) in [5, 5.41) is 12.1. The Morgan fingerprint density at radius 2 is 2.16 bits per heavy atom. The highest BCUT2D eigenvalue weighted by atomic mass is 16.4. The van der Waals surface area contributed by atoms with Gasteiger partial charge in [-0.15, -0.1) is 0 Å². The molecular weight excluding hydrogens is 242 g/mol. The van der Waals surface area contributed by atoms with Gasteiger partial charge in [0.1, 0.15) is 5.82 Å². The van der Waals surface area contributed by atoms with Crippen LogP contribution in [0, 0.1) is 6.92 Å². The highest BCUT2D eigenvalue weighted by molar-refractivity contribution is 5.85. The number of aryl methyl sites for hydroxylation is 2. The number of hydrogen-bond acceptors (Lipinski definition) is 4. The maximum absolute atomic E-state index is 10.9. The molecule has 5 nitrogen and oxygen atoms in total. The first-order valence-corrected chi connectivity index (χ1v) is 6.02. The number of hydrogen-bond donors (Lipinski definition) is 2. The molecule has 19 heavy (non-hydrogen) atoms. The zero-order valence-corrected chi connectivity index (χ0v) is 10.8. The normalized spacial score (nSPS) is 10.2. The number of carboxylic acids is 1. The smallest absolute Gasteiger partial charge is 0.356 e. The van der Waals surface area contributed by atoms with Crippen LogP contribution >= 0.6 is 0 Å². The van der Waals surface area contributed by atoms with E-state index in [1.165, 1.54) is 12.4 Å². The largest absolute Gasteiger partial charge is 0.476 e. The van der Waals surface area contributed by atoms with E-state index < -0.39 is 5.97 Å². The molecule has 0 saturated heterocycles. The Morgan fingerprint density at radius 3 is 2.84 bits per heavy atom. The quantitative estimate of drug-likeness (QED) is 0.880. The van der Waals surface area contributed by atoms with E-state index in [0.717, 1.165) is 23.2 Å². The summed E-state index contributed by atoms with van der Waals surface area (Å²) in [6.45, 7) is 4.06. The summed E-state index contributed by atoms with van der Waals surface area (Å²) in [6.07, 6.45) is 3.63. The molecule has 2 rings (SSSR count). The predicted molar refractivity (Wildman–Crippen MR) is 72.8 cm³/mol. The van der Waals surface area contributed by atoms with Gasteiger partial charge in [0.05, 0.1) is 12.4 Å². The highest BCUT2D eigenvalue weighted by Gasteiger charge is 2.09. The minimum Gasteiger partial charge on any atom is -0.476 e. The Kier molecular flexibility index (Phi) is 3.75. The van der Waals surface area contributed by atoms with Crippen LogP contribution in [0.15, 0.2) is 30.6 Å². The van der Waals surface area contributed by atoms with E-state index in [0.29, 0.717) is 5.82 Å². The van der Waals surface area contributed by atoms with E-state index in [-0.39, 0.29) is 5.69 Å². The molecule has 0 aliphatic rings. The Labute approximate surface area is 111 Å². The molecular formula is C14H15N3O2. The lowest BCUT2D eigenvalue weighted by atomic mass is 10.1. The topological polar surface area (TPSA) is 75.1 Å². The lowest BCUT2D eigenvalue weighted by Gasteiger charge is -2.13. The third-order valence-electron chi connectivity index (χ3n) is 2.85. The Hall–Kier alpha value is -2.43. The number of para-hydroxylation sites is 1. The molecule has 1 heterocycles. The van der Waals surface area contributed by atoms with E-state index in [1.807, 2.05) is 25.1 Å². The summed E-state index contributed by atoms with van der Waals surface area (Å²) in [4.78, 5) is 18.8. The zero-order chi connectivity index (χ0) is 13.8. The van der Waals surface area contributed by atoms with E-state index in [2.05, 4.69) is 22.2 Å². The van der Waals surface area contributed by atoms with E-state index >= 15 is 0 Å². The molecule has 5 heteroatoms. The fraction of sp³-hybridized carbons (Fsp3) is 0.214. The van der Waals surface area contributed by atoms with Crippen molar-refractivity contribution < 1.29 is 9.90 Å². The molecule has 2 aromatic rings. The summed E-state index contributed by atoms with van der Waals surface area (Å²) in [5.74, 6) is -0.652. The first kappa shape index (κ1) is 13.0. The van der Waals surface area contributed by atoms with E-state index in [4.69, 9.17) is 5.11 Å². The fourth-order valence-corrected chi connectivity index (χ4v) is 1.86. The lowest BCUT2D eigenvalue weighted by Crippen LogP contribution is -2.05. The van der Waals surface area contributed by atoms with Crippen LogP contribution in [0.3, 0.4) is 0 Å². The Morgan fingerprint density at radius 1 is 1.37 bits per heavy atom. The molecule has 0 atom stereocenters. The summed E-state index contributed by atoms with van der Waals surface area (Å²) in [7, 11) is 0. The van der Waals surface area contributed by atoms with Gasteiger partial charge in [-0.2, -0.15) is 0 Å². The molecule has 1 aromatic carbocycles. The van der Waals surface area contributed by atoms with Gasteiger partial charge in [-0.1, -0.05) is 25.1 Å². The SMILES string of the molecule is CCc1cccc(C)c1Nc1cncc(C(=O)O)n1. The molecule has 98 valence electrons. The van der Waals surface area contributed by atoms with Crippen molar-refractivity contribution in [3.05, 3.63) is 47.4 Å².